The predicted molar refractivity (Wildman–Crippen MR) is 107 cm³/mol. The largest absolute Gasteiger partial charge is 0.325 e. The van der Waals surface area contributed by atoms with Crippen molar-refractivity contribution in [3.05, 3.63) is 24.3 Å². The molecule has 1 aromatic heterocycles. The first-order chi connectivity index (χ1) is 12.3. The number of nitrogens with zero attached hydrogens (tertiary/aromatic N) is 2. The van der Waals surface area contributed by atoms with Crippen molar-refractivity contribution >= 4 is 56.5 Å². The third kappa shape index (κ3) is 6.54. The Labute approximate surface area is 165 Å². The van der Waals surface area contributed by atoms with Crippen LogP contribution in [0.3, 0.4) is 0 Å². The Balaban J connectivity index is 1.89. The van der Waals surface area contributed by atoms with Crippen LogP contribution in [0.4, 0.5) is 5.69 Å². The number of thioether (sulfide) groups is 2. The summed E-state index contributed by atoms with van der Waals surface area (Å²) in [5.74, 6) is 0.814. The highest BCUT2D eigenvalue weighted by molar-refractivity contribution is 8.03. The van der Waals surface area contributed by atoms with E-state index in [2.05, 4.69) is 22.4 Å². The Kier molecular flexibility index (Phi) is 7.89. The number of primary sulfonamides is 1. The van der Waals surface area contributed by atoms with Gasteiger partial charge in [-0.2, -0.15) is 0 Å². The minimum atomic E-state index is -3.74. The summed E-state index contributed by atoms with van der Waals surface area (Å²) in [4.78, 5) is 12.3. The van der Waals surface area contributed by atoms with Gasteiger partial charge < -0.3 is 5.32 Å². The van der Waals surface area contributed by atoms with E-state index in [0.717, 1.165) is 27.3 Å². The highest BCUT2D eigenvalue weighted by atomic mass is 32.2. The number of nitrogens with one attached hydrogen (secondary N) is 1. The van der Waals surface area contributed by atoms with Gasteiger partial charge in [-0.05, 0) is 37.6 Å². The number of carbonyl (C=O) groups excluding carboxylic acids is 1. The summed E-state index contributed by atoms with van der Waals surface area (Å²) in [6.45, 7) is 3.93. The Morgan fingerprint density at radius 1 is 1.27 bits per heavy atom. The van der Waals surface area contributed by atoms with E-state index < -0.39 is 10.0 Å². The van der Waals surface area contributed by atoms with E-state index in [9.17, 15) is 13.2 Å². The average Bonchev–Trinajstić information content (AvgIpc) is 3.02. The summed E-state index contributed by atoms with van der Waals surface area (Å²) in [6.07, 6.45) is 2.28. The Morgan fingerprint density at radius 2 is 1.92 bits per heavy atom. The molecule has 0 spiro atoms. The molecular formula is C15H20N4O3S4. The van der Waals surface area contributed by atoms with Crippen LogP contribution in [0.2, 0.25) is 0 Å². The quantitative estimate of drug-likeness (QED) is 0.462. The fourth-order valence-electron chi connectivity index (χ4n) is 1.78. The van der Waals surface area contributed by atoms with E-state index in [0.29, 0.717) is 5.69 Å². The van der Waals surface area contributed by atoms with Crippen LogP contribution in [-0.4, -0.2) is 35.5 Å². The molecule has 0 aliphatic carbocycles. The first-order valence-corrected chi connectivity index (χ1v) is 12.1. The first kappa shape index (κ1) is 21.2. The lowest BCUT2D eigenvalue weighted by Crippen LogP contribution is -2.22. The van der Waals surface area contributed by atoms with Crippen LogP contribution in [0.1, 0.15) is 26.7 Å². The third-order valence-electron chi connectivity index (χ3n) is 3.21. The standard InChI is InChI=1S/C15H20N4O3S4/c1-3-4-9-23-14-18-19-15(25-14)24-10(2)13(20)17-11-5-7-12(8-6-11)26(16,21)22/h5-8,10H,3-4,9H2,1-2H3,(H,17,20)(H2,16,21,22). The molecule has 1 aromatic carbocycles. The number of hydrogen-bond acceptors (Lipinski definition) is 8. The van der Waals surface area contributed by atoms with Gasteiger partial charge in [-0.15, -0.1) is 10.2 Å². The molecule has 0 saturated heterocycles. The van der Waals surface area contributed by atoms with E-state index in [1.165, 1.54) is 47.4 Å². The summed E-state index contributed by atoms with van der Waals surface area (Å²) < 4.78 is 24.1. The molecule has 2 aromatic rings. The van der Waals surface area contributed by atoms with Gasteiger partial charge in [0.2, 0.25) is 15.9 Å². The Hall–Kier alpha value is -1.14. The van der Waals surface area contributed by atoms with Crippen molar-refractivity contribution in [1.82, 2.24) is 10.2 Å². The number of nitrogens with two attached hydrogens (primary N) is 1. The van der Waals surface area contributed by atoms with Crippen LogP contribution in [0.5, 0.6) is 0 Å². The molecule has 0 fully saturated rings. The second-order valence-corrected chi connectivity index (χ2v) is 10.8. The lowest BCUT2D eigenvalue weighted by molar-refractivity contribution is -0.115. The van der Waals surface area contributed by atoms with Crippen molar-refractivity contribution in [1.29, 1.82) is 0 Å². The van der Waals surface area contributed by atoms with Gasteiger partial charge in [0.1, 0.15) is 0 Å². The van der Waals surface area contributed by atoms with Gasteiger partial charge in [-0.1, -0.05) is 48.2 Å². The Morgan fingerprint density at radius 3 is 2.54 bits per heavy atom. The molecule has 11 heteroatoms. The van der Waals surface area contributed by atoms with Crippen LogP contribution in [0.15, 0.2) is 37.8 Å². The molecule has 1 atom stereocenters. The molecule has 0 bridgehead atoms. The second-order valence-electron chi connectivity index (χ2n) is 5.35. The number of unbranched alkanes of at least 4 members (excludes halogenated alkanes) is 1. The van der Waals surface area contributed by atoms with Crippen LogP contribution in [0, 0.1) is 0 Å². The number of carbonyl (C=O) groups is 1. The normalized spacial score (nSPS) is 12.7. The van der Waals surface area contributed by atoms with Crippen molar-refractivity contribution in [2.75, 3.05) is 11.1 Å². The number of hydrogen-bond donors (Lipinski definition) is 2. The SMILES string of the molecule is CCCCSc1nnc(SC(C)C(=O)Nc2ccc(S(N)(=O)=O)cc2)s1. The van der Waals surface area contributed by atoms with E-state index >= 15 is 0 Å². The summed E-state index contributed by atoms with van der Waals surface area (Å²) in [5, 5.41) is 15.7. The maximum absolute atomic E-state index is 12.3. The third-order valence-corrected chi connectivity index (χ3v) is 7.46. The van der Waals surface area contributed by atoms with Gasteiger partial charge in [0.25, 0.3) is 0 Å². The average molecular weight is 433 g/mol. The highest BCUT2D eigenvalue weighted by Crippen LogP contribution is 2.32. The fraction of sp³-hybridized carbons (Fsp3) is 0.400. The number of benzene rings is 1. The van der Waals surface area contributed by atoms with E-state index in [4.69, 9.17) is 5.14 Å². The van der Waals surface area contributed by atoms with Gasteiger partial charge in [0.15, 0.2) is 8.68 Å². The second kappa shape index (κ2) is 9.70. The van der Waals surface area contributed by atoms with Gasteiger partial charge in [0.05, 0.1) is 10.1 Å². The van der Waals surface area contributed by atoms with Crippen molar-refractivity contribution in [2.45, 2.75) is 45.5 Å². The fourth-order valence-corrected chi connectivity index (χ4v) is 5.62. The molecule has 1 heterocycles. The zero-order valence-corrected chi connectivity index (χ0v) is 17.6. The minimum Gasteiger partial charge on any atom is -0.325 e. The highest BCUT2D eigenvalue weighted by Gasteiger charge is 2.18. The van der Waals surface area contributed by atoms with Crippen LogP contribution < -0.4 is 10.5 Å². The molecule has 1 unspecified atom stereocenters. The number of amides is 1. The first-order valence-electron chi connectivity index (χ1n) is 7.86. The van der Waals surface area contributed by atoms with Gasteiger partial charge in [-0.3, -0.25) is 4.79 Å². The van der Waals surface area contributed by atoms with E-state index in [-0.39, 0.29) is 16.1 Å². The molecule has 0 aliphatic rings. The van der Waals surface area contributed by atoms with Crippen LogP contribution in [-0.2, 0) is 14.8 Å². The minimum absolute atomic E-state index is 0.000107. The van der Waals surface area contributed by atoms with Gasteiger partial charge in [0, 0.05) is 11.4 Å². The molecule has 0 aliphatic heterocycles. The molecule has 26 heavy (non-hydrogen) atoms. The monoisotopic (exact) mass is 432 g/mol. The zero-order valence-electron chi connectivity index (χ0n) is 14.3. The molecular weight excluding hydrogens is 412 g/mol. The van der Waals surface area contributed by atoms with Crippen molar-refractivity contribution < 1.29 is 13.2 Å². The summed E-state index contributed by atoms with van der Waals surface area (Å²) in [5.41, 5.74) is 0.503. The van der Waals surface area contributed by atoms with Crippen molar-refractivity contribution in [3.63, 3.8) is 0 Å². The molecule has 0 radical (unpaired) electrons. The smallest absolute Gasteiger partial charge is 0.238 e. The zero-order chi connectivity index (χ0) is 19.2. The molecule has 3 N–H and O–H groups in total. The predicted octanol–water partition coefficient (Wildman–Crippen LogP) is 3.20. The van der Waals surface area contributed by atoms with Crippen LogP contribution >= 0.6 is 34.9 Å². The van der Waals surface area contributed by atoms with Crippen LogP contribution in [0.25, 0.3) is 0 Å². The Bertz CT molecular complexity index is 837. The lowest BCUT2D eigenvalue weighted by atomic mass is 10.3. The number of anilines is 1. The molecule has 0 saturated carbocycles. The summed E-state index contributed by atoms with van der Waals surface area (Å²) in [6, 6.07) is 5.71. The topological polar surface area (TPSA) is 115 Å². The van der Waals surface area contributed by atoms with Crippen molar-refractivity contribution in [2.24, 2.45) is 5.14 Å². The number of rotatable bonds is 9. The molecule has 7 nitrogen and oxygen atoms in total. The maximum Gasteiger partial charge on any atom is 0.238 e. The molecule has 142 valence electrons. The van der Waals surface area contributed by atoms with Gasteiger partial charge in [-0.25, -0.2) is 13.6 Å². The lowest BCUT2D eigenvalue weighted by Gasteiger charge is -2.10. The molecule has 1 amide bonds. The molecule has 2 rings (SSSR count). The van der Waals surface area contributed by atoms with E-state index in [1.807, 2.05) is 0 Å². The van der Waals surface area contributed by atoms with Crippen molar-refractivity contribution in [3.8, 4) is 0 Å². The summed E-state index contributed by atoms with van der Waals surface area (Å²) in [7, 11) is -3.74. The maximum atomic E-state index is 12.3. The number of aromatic nitrogens is 2. The summed E-state index contributed by atoms with van der Waals surface area (Å²) >= 11 is 4.50. The van der Waals surface area contributed by atoms with Gasteiger partial charge >= 0.3 is 0 Å². The number of sulfonamides is 1. The van der Waals surface area contributed by atoms with E-state index in [1.54, 1.807) is 18.7 Å².